The maximum absolute atomic E-state index is 13.6. The number of aromatic amines is 1. The number of ether oxygens (including phenoxy) is 8. The Morgan fingerprint density at radius 3 is 1.28 bits per heavy atom. The van der Waals surface area contributed by atoms with Crippen LogP contribution in [0.4, 0.5) is 0 Å². The van der Waals surface area contributed by atoms with E-state index in [0.717, 1.165) is 12.2 Å². The van der Waals surface area contributed by atoms with E-state index in [0.29, 0.717) is 76.0 Å². The Labute approximate surface area is 432 Å². The molecule has 7 rings (SSSR count). The van der Waals surface area contributed by atoms with Gasteiger partial charge < -0.3 is 37.9 Å². The molecule has 1 aliphatic heterocycles. The Morgan fingerprint density at radius 2 is 0.919 bits per heavy atom. The molecule has 0 bridgehead atoms. The third kappa shape index (κ3) is 13.7. The summed E-state index contributed by atoms with van der Waals surface area (Å²) in [4.78, 5) is 115. The van der Waals surface area contributed by atoms with Gasteiger partial charge in [-0.1, -0.05) is 42.8 Å². The van der Waals surface area contributed by atoms with E-state index in [9.17, 15) is 43.2 Å². The fourth-order valence-electron chi connectivity index (χ4n) is 8.25. The molecule has 0 amide bonds. The molecule has 0 atom stereocenters. The number of hydrogen-bond acceptors (Lipinski definition) is 19. The van der Waals surface area contributed by atoms with Crippen molar-refractivity contribution >= 4 is 81.6 Å². The molecule has 0 unspecified atom stereocenters. The van der Waals surface area contributed by atoms with Crippen molar-refractivity contribution in [2.75, 3.05) is 26.4 Å². The number of rotatable bonds is 18. The lowest BCUT2D eigenvalue weighted by molar-refractivity contribution is -0.155. The third-order valence-electron chi connectivity index (χ3n) is 12.3. The summed E-state index contributed by atoms with van der Waals surface area (Å²) in [5.41, 5.74) is -0.0302. The highest BCUT2D eigenvalue weighted by Crippen LogP contribution is 2.58. The molecule has 2 heterocycles. The molecule has 1 aromatic heterocycles. The molecule has 21 heteroatoms. The number of nitrogens with one attached hydrogen (secondary N) is 1. The SMILES string of the molecule is C=CC(=O)OCCOC(=O)C1CCC(C(=O)Oc2ccc(C(=O)Oc3ccc(OC(=O)c4ccc(OC(=O)C5CCC(C(=O)OCCOC(=O)C=C)CC5)cc4)c4c3SC(=c3c(=CC)[nH]n(C)c3=O)S4)cc2)CC1. The summed E-state index contributed by atoms with van der Waals surface area (Å²) in [6.07, 6.45) is 7.09. The lowest BCUT2D eigenvalue weighted by Crippen LogP contribution is -2.35. The van der Waals surface area contributed by atoms with Crippen LogP contribution >= 0.6 is 23.5 Å². The number of benzene rings is 3. The highest BCUT2D eigenvalue weighted by molar-refractivity contribution is 8.32. The molecular weight excluding hydrogens is 1000 g/mol. The van der Waals surface area contributed by atoms with E-state index < -0.39 is 71.4 Å². The van der Waals surface area contributed by atoms with Gasteiger partial charge in [-0.15, -0.1) is 0 Å². The number of carbonyl (C=O) groups excluding carboxylic acids is 8. The third-order valence-corrected chi connectivity index (χ3v) is 14.9. The van der Waals surface area contributed by atoms with Gasteiger partial charge in [-0.05, 0) is 119 Å². The van der Waals surface area contributed by atoms with E-state index >= 15 is 0 Å². The molecule has 2 aliphatic carbocycles. The first-order valence-corrected chi connectivity index (χ1v) is 25.3. The van der Waals surface area contributed by atoms with E-state index in [1.165, 1.54) is 88.9 Å². The molecule has 0 saturated heterocycles. The molecule has 4 aromatic rings. The van der Waals surface area contributed by atoms with E-state index in [1.54, 1.807) is 20.0 Å². The summed E-state index contributed by atoms with van der Waals surface area (Å²) in [5.74, 6) is -5.53. The predicted octanol–water partition coefficient (Wildman–Crippen LogP) is 5.88. The van der Waals surface area contributed by atoms with Gasteiger partial charge in [0.15, 0.2) is 0 Å². The molecular formula is C53H52N2O17S2. The highest BCUT2D eigenvalue weighted by atomic mass is 32.2. The van der Waals surface area contributed by atoms with Gasteiger partial charge in [-0.3, -0.25) is 33.8 Å². The van der Waals surface area contributed by atoms with Crippen molar-refractivity contribution in [3.05, 3.63) is 118 Å². The lowest BCUT2D eigenvalue weighted by Gasteiger charge is -2.25. The topological polar surface area (TPSA) is 248 Å². The second kappa shape index (κ2) is 25.3. The molecule has 3 aliphatic rings. The fourth-order valence-corrected chi connectivity index (χ4v) is 10.9. The van der Waals surface area contributed by atoms with Gasteiger partial charge >= 0.3 is 47.8 Å². The van der Waals surface area contributed by atoms with Crippen LogP contribution in [0, 0.1) is 23.7 Å². The summed E-state index contributed by atoms with van der Waals surface area (Å²) in [7, 11) is 1.59. The Kier molecular flexibility index (Phi) is 18.5. The van der Waals surface area contributed by atoms with Crippen LogP contribution in [0.5, 0.6) is 23.0 Å². The smallest absolute Gasteiger partial charge is 0.343 e. The standard InChI is InChI=1S/C53H52N2O17S2/c1-5-38-43(46(58)55(4)54-38)53-73-44-39(71-51(63)34-16-20-36(21-17-34)69-49(61)32-12-8-30(9-13-32)47(59)67-28-26-65-41(56)6-2)24-25-40(45(44)74-53)72-52(64)35-18-22-37(23-19-35)70-50(62)33-14-10-31(11-15-33)48(60)68-29-27-66-42(57)7-3/h5-7,16-25,30-33,54H,2-3,8-15,26-29H2,1,4H3. The van der Waals surface area contributed by atoms with Gasteiger partial charge in [0.1, 0.15) is 49.4 Å². The average molecular weight is 1050 g/mol. The Hall–Kier alpha value is -7.65. The minimum absolute atomic E-state index is 0.0811. The number of thioether (sulfide) groups is 2. The molecule has 0 spiro atoms. The fraction of sp³-hybridized carbons (Fsp3) is 0.340. The molecule has 0 radical (unpaired) electrons. The van der Waals surface area contributed by atoms with Gasteiger partial charge in [-0.2, -0.15) is 0 Å². The van der Waals surface area contributed by atoms with Crippen LogP contribution in [0.2, 0.25) is 0 Å². The Balaban J connectivity index is 0.958. The van der Waals surface area contributed by atoms with E-state index in [4.69, 9.17) is 37.9 Å². The first-order valence-electron chi connectivity index (χ1n) is 23.6. The molecule has 1 N–H and O–H groups in total. The number of hydrogen-bond donors (Lipinski definition) is 1. The van der Waals surface area contributed by atoms with Crippen LogP contribution in [0.3, 0.4) is 0 Å². The van der Waals surface area contributed by atoms with Gasteiger partial charge in [-0.25, -0.2) is 19.2 Å². The minimum Gasteiger partial charge on any atom is -0.462 e. The number of H-pyrrole nitrogens is 1. The lowest BCUT2D eigenvalue weighted by atomic mass is 9.82. The first kappa shape index (κ1) is 54.1. The van der Waals surface area contributed by atoms with Crippen LogP contribution < -0.4 is 35.1 Å². The van der Waals surface area contributed by atoms with Crippen LogP contribution in [0.15, 0.2) is 101 Å². The quantitative estimate of drug-likeness (QED) is 0.0401. The van der Waals surface area contributed by atoms with Crippen molar-refractivity contribution in [2.24, 2.45) is 30.7 Å². The number of fused-ring (bicyclic) bond motifs is 1. The van der Waals surface area contributed by atoms with Crippen molar-refractivity contribution < 1.29 is 76.3 Å². The summed E-state index contributed by atoms with van der Waals surface area (Å²) in [6.45, 7) is 8.05. The van der Waals surface area contributed by atoms with Gasteiger partial charge in [0.25, 0.3) is 5.56 Å². The van der Waals surface area contributed by atoms with Crippen LogP contribution in [-0.4, -0.2) is 84.0 Å². The summed E-state index contributed by atoms with van der Waals surface area (Å²) in [6, 6.07) is 14.6. The summed E-state index contributed by atoms with van der Waals surface area (Å²) >= 11 is 2.34. The molecule has 2 saturated carbocycles. The number of aromatic nitrogens is 2. The number of esters is 8. The molecule has 388 valence electrons. The van der Waals surface area contributed by atoms with Crippen LogP contribution in [0.25, 0.3) is 10.3 Å². The average Bonchev–Trinajstić information content (AvgIpc) is 3.99. The highest BCUT2D eigenvalue weighted by Gasteiger charge is 2.34. The second-order valence-electron chi connectivity index (χ2n) is 17.1. The predicted molar refractivity (Wildman–Crippen MR) is 266 cm³/mol. The monoisotopic (exact) mass is 1050 g/mol. The minimum atomic E-state index is -0.742. The van der Waals surface area contributed by atoms with Gasteiger partial charge in [0, 0.05) is 19.2 Å². The number of aryl methyl sites for hydroxylation is 1. The van der Waals surface area contributed by atoms with Crippen molar-refractivity contribution in [2.45, 2.75) is 68.1 Å². The van der Waals surface area contributed by atoms with E-state index in [1.807, 2.05) is 0 Å². The zero-order valence-electron chi connectivity index (χ0n) is 40.4. The van der Waals surface area contributed by atoms with Gasteiger partial charge in [0.2, 0.25) is 0 Å². The Morgan fingerprint density at radius 1 is 0.554 bits per heavy atom. The number of nitrogens with zero attached hydrogens (tertiary/aromatic N) is 1. The van der Waals surface area contributed by atoms with Crippen LogP contribution in [-0.2, 0) is 54.8 Å². The molecule has 2 fully saturated rings. The number of carbonyl (C=O) groups is 8. The van der Waals surface area contributed by atoms with Crippen molar-refractivity contribution in [1.82, 2.24) is 9.78 Å². The zero-order chi connectivity index (χ0) is 52.9. The zero-order valence-corrected chi connectivity index (χ0v) is 42.1. The summed E-state index contributed by atoms with van der Waals surface area (Å²) < 4.78 is 45.0. The van der Waals surface area contributed by atoms with Crippen molar-refractivity contribution in [1.29, 1.82) is 0 Å². The van der Waals surface area contributed by atoms with Gasteiger partial charge in [0.05, 0.1) is 59.4 Å². The molecule has 74 heavy (non-hydrogen) atoms. The van der Waals surface area contributed by atoms with E-state index in [-0.39, 0.29) is 66.1 Å². The largest absolute Gasteiger partial charge is 0.462 e. The van der Waals surface area contributed by atoms with E-state index in [2.05, 4.69) is 18.3 Å². The second-order valence-corrected chi connectivity index (χ2v) is 19.4. The normalized spacial score (nSPS) is 18.2. The maximum Gasteiger partial charge on any atom is 0.343 e. The maximum atomic E-state index is 13.6. The Bertz CT molecular complexity index is 2850. The van der Waals surface area contributed by atoms with Crippen molar-refractivity contribution in [3.63, 3.8) is 0 Å². The summed E-state index contributed by atoms with van der Waals surface area (Å²) in [5, 5.41) is 3.95. The molecule has 3 aromatic carbocycles. The first-order chi connectivity index (χ1) is 35.6. The van der Waals surface area contributed by atoms with Crippen molar-refractivity contribution in [3.8, 4) is 23.0 Å². The molecule has 19 nitrogen and oxygen atoms in total. The van der Waals surface area contributed by atoms with Crippen LogP contribution in [0.1, 0.15) is 79.0 Å².